The van der Waals surface area contributed by atoms with Gasteiger partial charge in [0.15, 0.2) is 0 Å². The molecule has 0 atom stereocenters. The molecule has 3 rings (SSSR count). The molecule has 7 nitrogen and oxygen atoms in total. The van der Waals surface area contributed by atoms with Gasteiger partial charge >= 0.3 is 0 Å². The van der Waals surface area contributed by atoms with Gasteiger partial charge < -0.3 is 4.42 Å². The Morgan fingerprint density at radius 3 is 2.43 bits per heavy atom. The van der Waals surface area contributed by atoms with Crippen molar-refractivity contribution in [1.29, 1.82) is 0 Å². The summed E-state index contributed by atoms with van der Waals surface area (Å²) in [6, 6.07) is 11.3. The van der Waals surface area contributed by atoms with Crippen molar-refractivity contribution in [2.45, 2.75) is 16.3 Å². The number of benzene rings is 2. The van der Waals surface area contributed by atoms with Gasteiger partial charge in [-0.05, 0) is 48.5 Å². The summed E-state index contributed by atoms with van der Waals surface area (Å²) >= 11 is 5.80. The highest BCUT2D eigenvalue weighted by molar-refractivity contribution is 7.93. The average molecular weight is 445 g/mol. The van der Waals surface area contributed by atoms with Gasteiger partial charge in [0.25, 0.3) is 10.0 Å². The highest BCUT2D eigenvalue weighted by Crippen LogP contribution is 2.25. The van der Waals surface area contributed by atoms with Gasteiger partial charge in [0.1, 0.15) is 16.5 Å². The molecule has 0 spiro atoms. The van der Waals surface area contributed by atoms with Crippen molar-refractivity contribution in [1.82, 2.24) is 4.72 Å². The summed E-state index contributed by atoms with van der Waals surface area (Å²) in [7, 11) is -8.06. The zero-order valence-electron chi connectivity index (χ0n) is 14.1. The van der Waals surface area contributed by atoms with E-state index >= 15 is 0 Å². The van der Waals surface area contributed by atoms with E-state index in [9.17, 15) is 21.2 Å². The third-order valence-corrected chi connectivity index (χ3v) is 6.86. The van der Waals surface area contributed by atoms with E-state index in [1.807, 2.05) is 0 Å². The second kappa shape index (κ2) is 7.92. The normalized spacial score (nSPS) is 12.1. The molecular weight excluding hydrogens is 431 g/mol. The number of halogens is 2. The van der Waals surface area contributed by atoms with Crippen molar-refractivity contribution in [2.75, 3.05) is 4.72 Å². The second-order valence-electron chi connectivity index (χ2n) is 5.61. The van der Waals surface area contributed by atoms with E-state index in [1.54, 1.807) is 12.1 Å². The fourth-order valence-electron chi connectivity index (χ4n) is 2.29. The topological polar surface area (TPSA) is 105 Å². The van der Waals surface area contributed by atoms with Crippen LogP contribution >= 0.6 is 11.6 Å². The van der Waals surface area contributed by atoms with Crippen molar-refractivity contribution in [3.05, 3.63) is 77.5 Å². The van der Waals surface area contributed by atoms with E-state index in [0.29, 0.717) is 5.76 Å². The summed E-state index contributed by atoms with van der Waals surface area (Å²) in [5.74, 6) is -0.258. The highest BCUT2D eigenvalue weighted by atomic mass is 35.5. The lowest BCUT2D eigenvalue weighted by Gasteiger charge is -2.11. The van der Waals surface area contributed by atoms with E-state index in [2.05, 4.69) is 9.44 Å². The van der Waals surface area contributed by atoms with Gasteiger partial charge in [-0.25, -0.2) is 25.9 Å². The number of rotatable bonds is 7. The summed E-state index contributed by atoms with van der Waals surface area (Å²) in [4.78, 5) is -0.482. The molecule has 0 unspecified atom stereocenters. The lowest BCUT2D eigenvalue weighted by molar-refractivity contribution is 0.498. The summed E-state index contributed by atoms with van der Waals surface area (Å²) < 4.78 is 72.6. The Balaban J connectivity index is 1.82. The fourth-order valence-corrected chi connectivity index (χ4v) is 4.91. The van der Waals surface area contributed by atoms with Crippen LogP contribution in [0.4, 0.5) is 10.1 Å². The number of anilines is 1. The zero-order chi connectivity index (χ0) is 20.4. The Bertz CT molecular complexity index is 1200. The van der Waals surface area contributed by atoms with E-state index in [4.69, 9.17) is 16.0 Å². The molecule has 0 bridgehead atoms. The van der Waals surface area contributed by atoms with Crippen LogP contribution in [-0.4, -0.2) is 16.8 Å². The van der Waals surface area contributed by atoms with Gasteiger partial charge in [-0.15, -0.1) is 0 Å². The van der Waals surface area contributed by atoms with Crippen molar-refractivity contribution in [3.8, 4) is 0 Å². The first kappa shape index (κ1) is 20.3. The number of sulfonamides is 2. The van der Waals surface area contributed by atoms with Crippen LogP contribution in [0.2, 0.25) is 5.02 Å². The largest absolute Gasteiger partial charge is 0.468 e. The maximum atomic E-state index is 13.1. The van der Waals surface area contributed by atoms with Gasteiger partial charge in [-0.3, -0.25) is 4.72 Å². The molecule has 0 aliphatic rings. The minimum atomic E-state index is -4.15. The monoisotopic (exact) mass is 444 g/mol. The summed E-state index contributed by atoms with van der Waals surface area (Å²) in [6.07, 6.45) is 1.42. The van der Waals surface area contributed by atoms with Crippen LogP contribution in [0, 0.1) is 5.82 Å². The Kier molecular flexibility index (Phi) is 5.75. The molecule has 1 aromatic heterocycles. The second-order valence-corrected chi connectivity index (χ2v) is 9.44. The molecule has 3 aromatic rings. The van der Waals surface area contributed by atoms with Gasteiger partial charge in [-0.1, -0.05) is 17.7 Å². The predicted octanol–water partition coefficient (Wildman–Crippen LogP) is 3.35. The van der Waals surface area contributed by atoms with Crippen LogP contribution < -0.4 is 9.44 Å². The maximum Gasteiger partial charge on any atom is 0.263 e. The third-order valence-electron chi connectivity index (χ3n) is 3.60. The first-order valence-corrected chi connectivity index (χ1v) is 11.1. The molecule has 0 amide bonds. The molecule has 0 fully saturated rings. The molecule has 0 radical (unpaired) electrons. The molecule has 0 saturated carbocycles. The standard InChI is InChI=1S/C17H14ClFN2O5S2/c18-16-9-12(19)6-7-17(16)28(24,25)21-13-3-1-5-15(10-13)27(22,23)20-11-14-4-2-8-26-14/h1-10,20-21H,11H2. The lowest BCUT2D eigenvalue weighted by Crippen LogP contribution is -2.23. The van der Waals surface area contributed by atoms with Crippen LogP contribution in [-0.2, 0) is 26.6 Å². The van der Waals surface area contributed by atoms with E-state index in [1.165, 1.54) is 24.5 Å². The quantitative estimate of drug-likeness (QED) is 0.581. The van der Waals surface area contributed by atoms with Crippen molar-refractivity contribution in [3.63, 3.8) is 0 Å². The lowest BCUT2D eigenvalue weighted by atomic mass is 10.3. The van der Waals surface area contributed by atoms with Crippen LogP contribution in [0.5, 0.6) is 0 Å². The van der Waals surface area contributed by atoms with Crippen LogP contribution in [0.1, 0.15) is 5.76 Å². The first-order chi connectivity index (χ1) is 13.2. The Morgan fingerprint density at radius 2 is 1.75 bits per heavy atom. The SMILES string of the molecule is O=S(=O)(NCc1ccco1)c1cccc(NS(=O)(=O)c2ccc(F)cc2Cl)c1. The summed E-state index contributed by atoms with van der Waals surface area (Å²) in [5.41, 5.74) is 0.00117. The van der Waals surface area contributed by atoms with Crippen molar-refractivity contribution >= 4 is 37.3 Å². The molecule has 1 heterocycles. The van der Waals surface area contributed by atoms with Gasteiger partial charge in [-0.2, -0.15) is 0 Å². The maximum absolute atomic E-state index is 13.1. The van der Waals surface area contributed by atoms with Crippen molar-refractivity contribution < 1.29 is 25.6 Å². The molecule has 148 valence electrons. The zero-order valence-corrected chi connectivity index (χ0v) is 16.5. The number of hydrogen-bond donors (Lipinski definition) is 2. The minimum Gasteiger partial charge on any atom is -0.468 e. The van der Waals surface area contributed by atoms with Gasteiger partial charge in [0.2, 0.25) is 10.0 Å². The molecule has 2 N–H and O–H groups in total. The van der Waals surface area contributed by atoms with E-state index in [0.717, 1.165) is 24.3 Å². The molecular formula is C17H14ClFN2O5S2. The average Bonchev–Trinajstić information content (AvgIpc) is 3.13. The molecule has 2 aromatic carbocycles. The molecule has 11 heteroatoms. The molecule has 0 saturated heterocycles. The van der Waals surface area contributed by atoms with Crippen LogP contribution in [0.3, 0.4) is 0 Å². The summed E-state index contributed by atoms with van der Waals surface area (Å²) in [5, 5.41) is -0.295. The fraction of sp³-hybridized carbons (Fsp3) is 0.0588. The molecule has 0 aliphatic heterocycles. The third kappa shape index (κ3) is 4.71. The Labute approximate surface area is 166 Å². The van der Waals surface area contributed by atoms with Crippen molar-refractivity contribution in [2.24, 2.45) is 0 Å². The Morgan fingerprint density at radius 1 is 0.964 bits per heavy atom. The minimum absolute atomic E-state index is 0.00117. The first-order valence-electron chi connectivity index (χ1n) is 7.77. The van der Waals surface area contributed by atoms with Crippen LogP contribution in [0.25, 0.3) is 0 Å². The van der Waals surface area contributed by atoms with E-state index < -0.39 is 25.9 Å². The molecule has 28 heavy (non-hydrogen) atoms. The van der Waals surface area contributed by atoms with Gasteiger partial charge in [0.05, 0.1) is 28.4 Å². The van der Waals surface area contributed by atoms with Crippen LogP contribution in [0.15, 0.2) is 75.1 Å². The molecule has 0 aliphatic carbocycles. The van der Waals surface area contributed by atoms with E-state index in [-0.39, 0.29) is 27.0 Å². The number of furan rings is 1. The highest BCUT2D eigenvalue weighted by Gasteiger charge is 2.20. The summed E-state index contributed by atoms with van der Waals surface area (Å²) in [6.45, 7) is -0.0591. The predicted molar refractivity (Wildman–Crippen MR) is 101 cm³/mol. The smallest absolute Gasteiger partial charge is 0.263 e. The number of hydrogen-bond acceptors (Lipinski definition) is 5. The Hall–Kier alpha value is -2.40. The van der Waals surface area contributed by atoms with Gasteiger partial charge in [0, 0.05) is 0 Å². The number of nitrogens with one attached hydrogen (secondary N) is 2.